The van der Waals surface area contributed by atoms with E-state index in [1.807, 2.05) is 0 Å². The highest BCUT2D eigenvalue weighted by molar-refractivity contribution is 7.92. The lowest BCUT2D eigenvalue weighted by atomic mass is 10.1. The van der Waals surface area contributed by atoms with Crippen molar-refractivity contribution >= 4 is 33.0 Å². The number of carbonyl (C=O) groups excluding carboxylic acids is 1. The van der Waals surface area contributed by atoms with E-state index in [2.05, 4.69) is 5.32 Å². The Morgan fingerprint density at radius 1 is 1.21 bits per heavy atom. The van der Waals surface area contributed by atoms with Crippen molar-refractivity contribution in [3.63, 3.8) is 0 Å². The molecule has 12 heteroatoms. The van der Waals surface area contributed by atoms with Crippen LogP contribution in [-0.4, -0.2) is 33.7 Å². The highest BCUT2D eigenvalue weighted by Gasteiger charge is 2.47. The third kappa shape index (κ3) is 3.54. The van der Waals surface area contributed by atoms with E-state index in [1.165, 1.54) is 19.2 Å². The maximum absolute atomic E-state index is 12.8. The van der Waals surface area contributed by atoms with Crippen molar-refractivity contribution in [1.82, 2.24) is 0 Å². The molecule has 0 unspecified atom stereocenters. The highest BCUT2D eigenvalue weighted by Crippen LogP contribution is 2.40. The van der Waals surface area contributed by atoms with Gasteiger partial charge in [0.15, 0.2) is 11.5 Å². The minimum Gasteiger partial charge on any atom is -0.495 e. The van der Waals surface area contributed by atoms with E-state index < -0.39 is 26.1 Å². The summed E-state index contributed by atoms with van der Waals surface area (Å²) in [6, 6.07) is 4.99. The monoisotopic (exact) mass is 437 g/mol. The molecule has 150 valence electrons. The van der Waals surface area contributed by atoms with E-state index in [4.69, 9.17) is 25.8 Å². The Balaban J connectivity index is 1.97. The Bertz CT molecular complexity index is 1060. The van der Waals surface area contributed by atoms with Gasteiger partial charge in [0.05, 0.1) is 22.7 Å². The molecule has 3 rings (SSSR count). The zero-order chi connectivity index (χ0) is 20.7. The van der Waals surface area contributed by atoms with Gasteiger partial charge in [-0.1, -0.05) is 11.6 Å². The molecule has 0 saturated carbocycles. The molecule has 1 aliphatic rings. The van der Waals surface area contributed by atoms with Crippen LogP contribution in [0.2, 0.25) is 5.02 Å². The van der Waals surface area contributed by atoms with Crippen LogP contribution in [0.5, 0.6) is 17.2 Å². The van der Waals surface area contributed by atoms with Crippen LogP contribution in [0, 0.1) is 0 Å². The van der Waals surface area contributed by atoms with Crippen molar-refractivity contribution in [2.75, 3.05) is 19.2 Å². The molecular weight excluding hydrogens is 427 g/mol. The molecule has 1 heterocycles. The topological polar surface area (TPSA) is 90.9 Å². The molecule has 7 nitrogen and oxygen atoms in total. The van der Waals surface area contributed by atoms with E-state index in [-0.39, 0.29) is 40.3 Å². The molecule has 0 aromatic heterocycles. The van der Waals surface area contributed by atoms with Gasteiger partial charge in [-0.2, -0.15) is 13.2 Å². The summed E-state index contributed by atoms with van der Waals surface area (Å²) in [6.07, 6.45) is 0. The Morgan fingerprint density at radius 2 is 1.93 bits per heavy atom. The van der Waals surface area contributed by atoms with E-state index in [1.54, 1.807) is 0 Å². The maximum Gasteiger partial charge on any atom is 0.501 e. The second kappa shape index (κ2) is 7.06. The first-order valence-corrected chi connectivity index (χ1v) is 9.30. The number of rotatable bonds is 4. The van der Waals surface area contributed by atoms with Gasteiger partial charge in [0.2, 0.25) is 6.79 Å². The molecule has 2 aromatic rings. The third-order valence-electron chi connectivity index (χ3n) is 3.72. The van der Waals surface area contributed by atoms with E-state index in [0.717, 1.165) is 12.1 Å². The lowest BCUT2D eigenvalue weighted by Gasteiger charge is -2.14. The molecule has 0 spiro atoms. The predicted octanol–water partition coefficient (Wildman–Crippen LogP) is 3.62. The smallest absolute Gasteiger partial charge is 0.495 e. The fourth-order valence-electron chi connectivity index (χ4n) is 2.38. The Morgan fingerprint density at radius 3 is 2.57 bits per heavy atom. The molecular formula is C16H11ClF3NO6S. The van der Waals surface area contributed by atoms with Crippen molar-refractivity contribution < 1.29 is 40.6 Å². The molecule has 1 amide bonds. The molecule has 0 radical (unpaired) electrons. The van der Waals surface area contributed by atoms with Gasteiger partial charge in [0, 0.05) is 5.56 Å². The maximum atomic E-state index is 12.8. The summed E-state index contributed by atoms with van der Waals surface area (Å²) in [5.74, 6) is -0.339. The Kier molecular flexibility index (Phi) is 5.06. The van der Waals surface area contributed by atoms with Gasteiger partial charge in [0.25, 0.3) is 15.7 Å². The average Bonchev–Trinajstić information content (AvgIpc) is 3.09. The van der Waals surface area contributed by atoms with Crippen molar-refractivity contribution in [2.45, 2.75) is 10.4 Å². The largest absolute Gasteiger partial charge is 0.501 e. The number of alkyl halides is 3. The molecule has 0 fully saturated rings. The quantitative estimate of drug-likeness (QED) is 0.785. The molecule has 2 aromatic carbocycles. The fourth-order valence-corrected chi connectivity index (χ4v) is 3.43. The number of carbonyl (C=O) groups is 1. The van der Waals surface area contributed by atoms with Gasteiger partial charge in [0.1, 0.15) is 5.75 Å². The van der Waals surface area contributed by atoms with Crippen LogP contribution in [0.15, 0.2) is 35.2 Å². The molecule has 0 atom stereocenters. The van der Waals surface area contributed by atoms with Crippen LogP contribution in [-0.2, 0) is 9.84 Å². The summed E-state index contributed by atoms with van der Waals surface area (Å²) >= 11 is 6.00. The second-order valence-electron chi connectivity index (χ2n) is 5.46. The first-order valence-electron chi connectivity index (χ1n) is 7.44. The van der Waals surface area contributed by atoms with Crippen molar-refractivity contribution in [3.8, 4) is 17.2 Å². The normalized spacial score (nSPS) is 13.3. The summed E-state index contributed by atoms with van der Waals surface area (Å²) in [5, 5.41) is 2.41. The molecule has 0 aliphatic carbocycles. The minimum atomic E-state index is -5.60. The SMILES string of the molecule is COc1ccc(S(=O)(=O)C(F)(F)F)cc1NC(=O)c1cc(Cl)c2c(c1)OCO2. The van der Waals surface area contributed by atoms with E-state index in [0.29, 0.717) is 6.07 Å². The summed E-state index contributed by atoms with van der Waals surface area (Å²) in [4.78, 5) is 11.5. The fraction of sp³-hybridized carbons (Fsp3) is 0.188. The van der Waals surface area contributed by atoms with Crippen molar-refractivity contribution in [1.29, 1.82) is 0 Å². The first-order chi connectivity index (χ1) is 13.0. The summed E-state index contributed by atoms with van der Waals surface area (Å²) in [6.45, 7) is -0.0781. The van der Waals surface area contributed by atoms with Gasteiger partial charge in [-0.05, 0) is 30.3 Å². The number of methoxy groups -OCH3 is 1. The number of amides is 1. The number of benzene rings is 2. The number of fused-ring (bicyclic) bond motifs is 1. The van der Waals surface area contributed by atoms with Crippen molar-refractivity contribution in [3.05, 3.63) is 40.9 Å². The zero-order valence-corrected chi connectivity index (χ0v) is 15.5. The van der Waals surface area contributed by atoms with Crippen LogP contribution in [0.4, 0.5) is 18.9 Å². The minimum absolute atomic E-state index is 0.0142. The second-order valence-corrected chi connectivity index (χ2v) is 7.81. The van der Waals surface area contributed by atoms with Crippen LogP contribution < -0.4 is 19.5 Å². The summed E-state index contributed by atoms with van der Waals surface area (Å²) < 4.78 is 76.8. The van der Waals surface area contributed by atoms with E-state index in [9.17, 15) is 26.4 Å². The van der Waals surface area contributed by atoms with Gasteiger partial charge < -0.3 is 19.5 Å². The summed E-state index contributed by atoms with van der Waals surface area (Å²) in [7, 11) is -4.39. The van der Waals surface area contributed by atoms with Crippen LogP contribution >= 0.6 is 11.6 Å². The Hall–Kier alpha value is -2.66. The van der Waals surface area contributed by atoms with Crippen LogP contribution in [0.25, 0.3) is 0 Å². The number of hydrogen-bond acceptors (Lipinski definition) is 6. The molecule has 28 heavy (non-hydrogen) atoms. The van der Waals surface area contributed by atoms with Gasteiger partial charge in [-0.25, -0.2) is 8.42 Å². The van der Waals surface area contributed by atoms with E-state index >= 15 is 0 Å². The number of sulfone groups is 1. The highest BCUT2D eigenvalue weighted by atomic mass is 35.5. The lowest BCUT2D eigenvalue weighted by Crippen LogP contribution is -2.23. The molecule has 1 N–H and O–H groups in total. The number of anilines is 1. The zero-order valence-electron chi connectivity index (χ0n) is 14.0. The molecule has 0 saturated heterocycles. The molecule has 0 bridgehead atoms. The van der Waals surface area contributed by atoms with Crippen LogP contribution in [0.3, 0.4) is 0 Å². The summed E-state index contributed by atoms with van der Waals surface area (Å²) in [5.41, 5.74) is -5.75. The lowest BCUT2D eigenvalue weighted by molar-refractivity contribution is -0.0436. The number of nitrogens with one attached hydrogen (secondary N) is 1. The van der Waals surface area contributed by atoms with Crippen LogP contribution in [0.1, 0.15) is 10.4 Å². The third-order valence-corrected chi connectivity index (χ3v) is 5.49. The first kappa shape index (κ1) is 20.1. The number of ether oxygens (including phenoxy) is 3. The molecule has 1 aliphatic heterocycles. The van der Waals surface area contributed by atoms with Crippen molar-refractivity contribution in [2.24, 2.45) is 0 Å². The van der Waals surface area contributed by atoms with Gasteiger partial charge in [-0.3, -0.25) is 4.79 Å². The predicted molar refractivity (Wildman–Crippen MR) is 91.8 cm³/mol. The van der Waals surface area contributed by atoms with Gasteiger partial charge in [-0.15, -0.1) is 0 Å². The number of hydrogen-bond donors (Lipinski definition) is 1. The standard InChI is InChI=1S/C16H11ClF3NO6S/c1-25-12-3-2-9(28(23,24)16(18,19)20)6-11(12)21-15(22)8-4-10(17)14-13(5-8)26-7-27-14/h2-6H,7H2,1H3,(H,21,22). The van der Waals surface area contributed by atoms with Gasteiger partial charge >= 0.3 is 5.51 Å². The Labute approximate surface area is 161 Å². The number of halogens is 4. The average molecular weight is 438 g/mol.